The first-order valence-corrected chi connectivity index (χ1v) is 20.0. The van der Waals surface area contributed by atoms with Gasteiger partial charge in [-0.2, -0.15) is 0 Å². The van der Waals surface area contributed by atoms with Gasteiger partial charge < -0.3 is 9.32 Å². The van der Waals surface area contributed by atoms with Gasteiger partial charge in [-0.25, -0.2) is 0 Å². The molecule has 5 aromatic carbocycles. The molecule has 0 spiro atoms. The van der Waals surface area contributed by atoms with E-state index in [1.807, 2.05) is 11.3 Å². The van der Waals surface area contributed by atoms with Crippen LogP contribution in [0.1, 0.15) is 54.7 Å². The Balaban J connectivity index is 1.04. The molecule has 0 saturated carbocycles. The second kappa shape index (κ2) is 12.5. The molecule has 4 aliphatic rings. The van der Waals surface area contributed by atoms with Crippen molar-refractivity contribution in [2.45, 2.75) is 50.5 Å². The molecular weight excluding hydrogens is 663 g/mol. The Morgan fingerprint density at radius 3 is 2.57 bits per heavy atom. The van der Waals surface area contributed by atoms with Crippen molar-refractivity contribution in [3.05, 3.63) is 170 Å². The van der Waals surface area contributed by atoms with Crippen molar-refractivity contribution in [3.63, 3.8) is 0 Å². The highest BCUT2D eigenvalue weighted by Crippen LogP contribution is 2.37. The number of para-hydroxylation sites is 1. The van der Waals surface area contributed by atoms with Crippen molar-refractivity contribution in [1.82, 2.24) is 4.90 Å². The van der Waals surface area contributed by atoms with Gasteiger partial charge in [-0.05, 0) is 113 Å². The maximum Gasteiger partial charge on any atom is 0.135 e. The summed E-state index contributed by atoms with van der Waals surface area (Å²) in [6.45, 7) is 0. The quantitative estimate of drug-likeness (QED) is 0.178. The minimum atomic E-state index is 0.176. The van der Waals surface area contributed by atoms with Gasteiger partial charge in [0.2, 0.25) is 0 Å². The van der Waals surface area contributed by atoms with Crippen LogP contribution in [0.3, 0.4) is 0 Å². The van der Waals surface area contributed by atoms with E-state index in [0.29, 0.717) is 5.92 Å². The van der Waals surface area contributed by atoms with Crippen LogP contribution in [0, 0.1) is 0 Å². The number of allylic oxidation sites excluding steroid dienone is 4. The zero-order chi connectivity index (χ0) is 34.9. The van der Waals surface area contributed by atoms with Gasteiger partial charge >= 0.3 is 0 Å². The van der Waals surface area contributed by atoms with E-state index in [0.717, 1.165) is 49.5 Å². The molecule has 0 aliphatic heterocycles. The lowest BCUT2D eigenvalue weighted by molar-refractivity contribution is 0.424. The summed E-state index contributed by atoms with van der Waals surface area (Å²) in [6, 6.07) is 38.2. The fourth-order valence-corrected chi connectivity index (χ4v) is 10.6. The Bertz CT molecular complexity index is 2970. The number of nitrogens with zero attached hydrogens (tertiary/aromatic N) is 1. The minimum absolute atomic E-state index is 0.176. The van der Waals surface area contributed by atoms with Crippen LogP contribution in [-0.2, 0) is 6.42 Å². The highest BCUT2D eigenvalue weighted by Gasteiger charge is 2.28. The first kappa shape index (κ1) is 30.9. The topological polar surface area (TPSA) is 16.4 Å². The van der Waals surface area contributed by atoms with Crippen molar-refractivity contribution in [3.8, 4) is 11.1 Å². The molecule has 0 saturated heterocycles. The van der Waals surface area contributed by atoms with Gasteiger partial charge in [0.15, 0.2) is 0 Å². The lowest BCUT2D eigenvalue weighted by atomic mass is 9.87. The summed E-state index contributed by atoms with van der Waals surface area (Å²) in [5, 5.41) is 7.92. The molecule has 2 nitrogen and oxygen atoms in total. The summed E-state index contributed by atoms with van der Waals surface area (Å²) in [5.74, 6) is 0.348. The molecule has 53 heavy (non-hydrogen) atoms. The zero-order valence-corrected chi connectivity index (χ0v) is 30.4. The molecule has 0 fully saturated rings. The first-order valence-electron chi connectivity index (χ1n) is 19.2. The zero-order valence-electron chi connectivity index (χ0n) is 29.6. The van der Waals surface area contributed by atoms with Crippen molar-refractivity contribution in [2.75, 3.05) is 0 Å². The van der Waals surface area contributed by atoms with Gasteiger partial charge in [-0.1, -0.05) is 121 Å². The molecule has 4 aliphatic carbocycles. The van der Waals surface area contributed by atoms with Crippen LogP contribution in [0.5, 0.6) is 0 Å². The maximum absolute atomic E-state index is 6.34. The third-order valence-electron chi connectivity index (χ3n) is 11.8. The van der Waals surface area contributed by atoms with Gasteiger partial charge in [0.1, 0.15) is 11.0 Å². The van der Waals surface area contributed by atoms with Gasteiger partial charge in [0.25, 0.3) is 0 Å². The van der Waals surface area contributed by atoms with Crippen LogP contribution in [0.4, 0.5) is 0 Å². The summed E-state index contributed by atoms with van der Waals surface area (Å²) >= 11 is 1.96. The fourth-order valence-electron chi connectivity index (χ4n) is 9.30. The molecule has 2 unspecified atom stereocenters. The highest BCUT2D eigenvalue weighted by molar-refractivity contribution is 7.17. The maximum atomic E-state index is 6.34. The summed E-state index contributed by atoms with van der Waals surface area (Å²) in [5.41, 5.74) is 11.6. The van der Waals surface area contributed by atoms with E-state index >= 15 is 0 Å². The van der Waals surface area contributed by atoms with E-state index in [1.54, 1.807) is 0 Å². The Morgan fingerprint density at radius 2 is 1.64 bits per heavy atom. The summed E-state index contributed by atoms with van der Waals surface area (Å²) < 4.78 is 9.11. The van der Waals surface area contributed by atoms with Gasteiger partial charge in [-0.3, -0.25) is 0 Å². The summed E-state index contributed by atoms with van der Waals surface area (Å²) in [4.78, 5) is 2.69. The molecule has 0 N–H and O–H groups in total. The predicted molar refractivity (Wildman–Crippen MR) is 224 cm³/mol. The summed E-state index contributed by atoms with van der Waals surface area (Å²) in [6.07, 6.45) is 25.5. The van der Waals surface area contributed by atoms with E-state index in [9.17, 15) is 0 Å². The van der Waals surface area contributed by atoms with Crippen LogP contribution in [0.15, 0.2) is 138 Å². The molecule has 2 heterocycles. The number of hydrogen-bond donors (Lipinski definition) is 0. The monoisotopic (exact) mass is 701 g/mol. The molecule has 11 rings (SSSR count). The van der Waals surface area contributed by atoms with E-state index < -0.39 is 0 Å². The highest BCUT2D eigenvalue weighted by atomic mass is 32.1. The second-order valence-corrected chi connectivity index (χ2v) is 15.9. The minimum Gasteiger partial charge on any atom is -0.456 e. The smallest absolute Gasteiger partial charge is 0.135 e. The Hall–Kier alpha value is -5.64. The molecule has 2 aromatic heterocycles. The average molecular weight is 702 g/mol. The number of aryl methyl sites for hydroxylation is 1. The second-order valence-electron chi connectivity index (χ2n) is 14.9. The molecule has 7 aromatic rings. The van der Waals surface area contributed by atoms with E-state index in [-0.39, 0.29) is 6.04 Å². The number of rotatable bonds is 5. The van der Waals surface area contributed by atoms with Crippen LogP contribution < -0.4 is 20.4 Å². The van der Waals surface area contributed by atoms with E-state index in [4.69, 9.17) is 4.42 Å². The van der Waals surface area contributed by atoms with Crippen LogP contribution in [-0.4, -0.2) is 10.9 Å². The van der Waals surface area contributed by atoms with Crippen LogP contribution in [0.2, 0.25) is 0 Å². The van der Waals surface area contributed by atoms with Crippen molar-refractivity contribution in [2.24, 2.45) is 0 Å². The molecule has 2 atom stereocenters. The van der Waals surface area contributed by atoms with Crippen LogP contribution in [0.25, 0.3) is 73.0 Å². The molecule has 0 radical (unpaired) electrons. The molecule has 0 amide bonds. The average Bonchev–Trinajstić information content (AvgIpc) is 3.80. The summed E-state index contributed by atoms with van der Waals surface area (Å²) in [7, 11) is 0. The molecule has 0 bridgehead atoms. The van der Waals surface area contributed by atoms with Crippen molar-refractivity contribution >= 4 is 73.2 Å². The van der Waals surface area contributed by atoms with Crippen molar-refractivity contribution in [1.29, 1.82) is 0 Å². The number of fused-ring (bicyclic) bond motifs is 9. The van der Waals surface area contributed by atoms with Gasteiger partial charge in [0, 0.05) is 38.0 Å². The first-order chi connectivity index (χ1) is 26.3. The van der Waals surface area contributed by atoms with Gasteiger partial charge in [0.05, 0.1) is 10.6 Å². The SMILES string of the molecule is C1=Cc2c(ccc3cc(C4C=CC(N(C5=c6sc7cccc(-c8ccccc8)c7c6=CCC5)C5C=c6c(oc7ccccc67)=CC5)=CC4)ccc23)CC1. The van der Waals surface area contributed by atoms with E-state index in [2.05, 4.69) is 157 Å². The molecule has 256 valence electrons. The van der Waals surface area contributed by atoms with E-state index in [1.165, 1.54) is 80.4 Å². The normalized spacial score (nSPS) is 18.9. The third kappa shape index (κ3) is 5.13. The predicted octanol–water partition coefficient (Wildman–Crippen LogP) is 10.1. The number of benzene rings is 5. The Kier molecular flexibility index (Phi) is 7.30. The van der Waals surface area contributed by atoms with Crippen molar-refractivity contribution < 1.29 is 4.42 Å². The number of hydrogen-bond acceptors (Lipinski definition) is 3. The standard InChI is InChI=1S/C50H39NOS/c1-2-10-33(11-3-1)41-15-9-19-48-49(41)43-16-8-17-45(50(43)53-48)51(38-27-29-47-44(31-38)42-14-6-7-18-46(42)52-47)37-25-22-32(23-26-37)35-24-28-40-36(30-35)21-20-34-12-4-5-13-39(34)40/h1-3,5-7,9-11,13-16,18-22,24-26,28-32,38H,4,8,12,17,23,27H2. The molecular formula is C50H39NOS. The van der Waals surface area contributed by atoms with Crippen LogP contribution >= 0.6 is 11.3 Å². The number of thiophene rings is 1. The Morgan fingerprint density at radius 1 is 0.717 bits per heavy atom. The number of furan rings is 1. The molecule has 3 heteroatoms. The van der Waals surface area contributed by atoms with Gasteiger partial charge in [-0.15, -0.1) is 11.3 Å². The lowest BCUT2D eigenvalue weighted by Crippen LogP contribution is -2.41. The fraction of sp³-hybridized carbons (Fsp3) is 0.160. The Labute approximate surface area is 313 Å². The third-order valence-corrected chi connectivity index (χ3v) is 13.1. The lowest BCUT2D eigenvalue weighted by Gasteiger charge is -2.37. The largest absolute Gasteiger partial charge is 0.456 e.